The number of hydrogen-bond acceptors (Lipinski definition) is 4. The van der Waals surface area contributed by atoms with E-state index in [-0.39, 0.29) is 5.41 Å². The van der Waals surface area contributed by atoms with Crippen molar-refractivity contribution in [2.45, 2.75) is 33.6 Å². The molecule has 0 aromatic carbocycles. The first-order valence-corrected chi connectivity index (χ1v) is 3.87. The smallest absolute Gasteiger partial charge is 0.402 e. The van der Waals surface area contributed by atoms with Crippen LogP contribution in [0.3, 0.4) is 0 Å². The first-order chi connectivity index (χ1) is 5.41. The van der Waals surface area contributed by atoms with E-state index in [2.05, 4.69) is 6.07 Å². The fourth-order valence-corrected chi connectivity index (χ4v) is 0.408. The van der Waals surface area contributed by atoms with Crippen molar-refractivity contribution in [1.29, 1.82) is 5.26 Å². The number of nitrogens with zero attached hydrogens (tertiary/aromatic N) is 1. The van der Waals surface area contributed by atoms with E-state index in [0.29, 0.717) is 0 Å². The minimum absolute atomic E-state index is 0.0694. The molecule has 0 amide bonds. The molecule has 3 N–H and O–H groups in total. The van der Waals surface area contributed by atoms with Gasteiger partial charge in [0.2, 0.25) is 0 Å². The minimum Gasteiger partial charge on any atom is -0.402 e. The van der Waals surface area contributed by atoms with Gasteiger partial charge in [-0.15, -0.1) is 0 Å². The summed E-state index contributed by atoms with van der Waals surface area (Å²) in [7, 11) is -2.17. The molecule has 0 heterocycles. The van der Waals surface area contributed by atoms with Gasteiger partial charge in [0.25, 0.3) is 0 Å². The largest absolute Gasteiger partial charge is 0.631 e. The van der Waals surface area contributed by atoms with E-state index < -0.39 is 7.32 Å². The van der Waals surface area contributed by atoms with Gasteiger partial charge in [0, 0.05) is 0 Å². The Hall–Kier alpha value is -0.565. The van der Waals surface area contributed by atoms with E-state index >= 15 is 0 Å². The van der Waals surface area contributed by atoms with Crippen LogP contribution in [0.2, 0.25) is 0 Å². The van der Waals surface area contributed by atoms with Crippen LogP contribution in [0, 0.1) is 16.7 Å². The fraction of sp³-hybridized carbons (Fsp3) is 0.857. The zero-order valence-corrected chi connectivity index (χ0v) is 7.78. The normalized spacial score (nSPS) is 9.42. The van der Waals surface area contributed by atoms with Crippen LogP contribution in [0.25, 0.3) is 0 Å². The van der Waals surface area contributed by atoms with E-state index in [1.807, 2.05) is 20.8 Å². The third-order valence-electron chi connectivity index (χ3n) is 1.83. The highest BCUT2D eigenvalue weighted by molar-refractivity contribution is 6.30. The molecule has 0 saturated heterocycles. The van der Waals surface area contributed by atoms with Gasteiger partial charge in [0.1, 0.15) is 0 Å². The summed E-state index contributed by atoms with van der Waals surface area (Å²) in [5.41, 5.74) is -0.0694. The minimum atomic E-state index is -2.17. The molecule has 0 aliphatic heterocycles. The fourth-order valence-electron chi connectivity index (χ4n) is 0.408. The summed E-state index contributed by atoms with van der Waals surface area (Å²) >= 11 is 0. The second kappa shape index (κ2) is 7.10. The summed E-state index contributed by atoms with van der Waals surface area (Å²) in [4.78, 5) is 0. The van der Waals surface area contributed by atoms with Gasteiger partial charge >= 0.3 is 7.32 Å². The van der Waals surface area contributed by atoms with Crippen molar-refractivity contribution >= 4 is 7.32 Å². The molecule has 0 atom stereocenters. The number of rotatable bonds is 2. The zero-order valence-electron chi connectivity index (χ0n) is 7.78. The maximum atomic E-state index is 8.54. The van der Waals surface area contributed by atoms with Crippen LogP contribution < -0.4 is 0 Å². The summed E-state index contributed by atoms with van der Waals surface area (Å²) < 4.78 is 0. The highest BCUT2D eigenvalue weighted by Crippen LogP contribution is 2.22. The summed E-state index contributed by atoms with van der Waals surface area (Å²) in [5.74, 6) is 0. The van der Waals surface area contributed by atoms with Gasteiger partial charge < -0.3 is 15.1 Å². The molecule has 0 aromatic heterocycles. The van der Waals surface area contributed by atoms with Gasteiger partial charge in [-0.3, -0.25) is 0 Å². The van der Waals surface area contributed by atoms with Crippen LogP contribution in [-0.4, -0.2) is 22.4 Å². The first kappa shape index (κ1) is 14.0. The molecule has 70 valence electrons. The van der Waals surface area contributed by atoms with Crippen LogP contribution in [0.1, 0.15) is 33.6 Å². The van der Waals surface area contributed by atoms with Crippen molar-refractivity contribution in [2.24, 2.45) is 5.41 Å². The van der Waals surface area contributed by atoms with Crippen LogP contribution in [0.15, 0.2) is 0 Å². The lowest BCUT2D eigenvalue weighted by Crippen LogP contribution is -2.09. The van der Waals surface area contributed by atoms with E-state index in [1.54, 1.807) is 0 Å². The Morgan fingerprint density at radius 1 is 1.25 bits per heavy atom. The zero-order chi connectivity index (χ0) is 10.2. The summed E-state index contributed by atoms with van der Waals surface area (Å²) in [6.45, 7) is 6.09. The van der Waals surface area contributed by atoms with Gasteiger partial charge in [0.15, 0.2) is 0 Å². The lowest BCUT2D eigenvalue weighted by Gasteiger charge is -2.14. The van der Waals surface area contributed by atoms with E-state index in [0.717, 1.165) is 12.8 Å². The van der Waals surface area contributed by atoms with Crippen LogP contribution in [0.5, 0.6) is 0 Å². The lowest BCUT2D eigenvalue weighted by atomic mass is 9.87. The molecule has 12 heavy (non-hydrogen) atoms. The second-order valence-electron chi connectivity index (χ2n) is 2.73. The third-order valence-corrected chi connectivity index (χ3v) is 1.83. The lowest BCUT2D eigenvalue weighted by molar-refractivity contribution is 0.278. The van der Waals surface area contributed by atoms with Crippen LogP contribution in [-0.2, 0) is 0 Å². The highest BCUT2D eigenvalue weighted by atomic mass is 16.5. The Labute approximate surface area is 73.6 Å². The summed E-state index contributed by atoms with van der Waals surface area (Å²) in [6.07, 6.45) is 1.92. The van der Waals surface area contributed by atoms with Gasteiger partial charge in [-0.25, -0.2) is 0 Å². The molecule has 0 saturated carbocycles. The Balaban J connectivity index is 0. The summed E-state index contributed by atoms with van der Waals surface area (Å²) in [5, 5.41) is 30.0. The molecule has 0 aliphatic carbocycles. The molecule has 4 nitrogen and oxygen atoms in total. The molecule has 0 unspecified atom stereocenters. The molecular formula is C7H16BNO3. The van der Waals surface area contributed by atoms with Crippen molar-refractivity contribution in [3.63, 3.8) is 0 Å². The Morgan fingerprint density at radius 3 is 1.50 bits per heavy atom. The average molecular weight is 173 g/mol. The standard InChI is InChI=1S/C7H13N.BH3O3/c1-4-7(3,5-2)6-8;2-1(3)4/h4-5H2,1-3H3;2-4H. The molecular weight excluding hydrogens is 157 g/mol. The van der Waals surface area contributed by atoms with Crippen molar-refractivity contribution in [2.75, 3.05) is 0 Å². The average Bonchev–Trinajstić information content (AvgIpc) is 2.02. The number of nitriles is 1. The molecule has 0 radical (unpaired) electrons. The predicted octanol–water partition coefficient (Wildman–Crippen LogP) is 0.284. The van der Waals surface area contributed by atoms with Crippen LogP contribution in [0.4, 0.5) is 0 Å². The van der Waals surface area contributed by atoms with E-state index in [4.69, 9.17) is 20.3 Å². The maximum absolute atomic E-state index is 8.54. The molecule has 0 aromatic rings. The quantitative estimate of drug-likeness (QED) is 0.523. The summed E-state index contributed by atoms with van der Waals surface area (Å²) in [6, 6.07) is 2.28. The van der Waals surface area contributed by atoms with Gasteiger partial charge in [-0.05, 0) is 19.8 Å². The van der Waals surface area contributed by atoms with Crippen molar-refractivity contribution < 1.29 is 15.1 Å². The highest BCUT2D eigenvalue weighted by Gasteiger charge is 2.17. The molecule has 5 heteroatoms. The third kappa shape index (κ3) is 9.43. The molecule has 0 bridgehead atoms. The SMILES string of the molecule is CCC(C)(C#N)CC.OB(O)O. The van der Waals surface area contributed by atoms with Gasteiger partial charge in [0.05, 0.1) is 11.5 Å². The monoisotopic (exact) mass is 173 g/mol. The molecule has 0 rings (SSSR count). The second-order valence-corrected chi connectivity index (χ2v) is 2.73. The maximum Gasteiger partial charge on any atom is 0.631 e. The van der Waals surface area contributed by atoms with Crippen molar-refractivity contribution in [3.05, 3.63) is 0 Å². The molecule has 0 fully saturated rings. The Bertz CT molecular complexity index is 137. The van der Waals surface area contributed by atoms with Crippen molar-refractivity contribution in [3.8, 4) is 6.07 Å². The Morgan fingerprint density at radius 2 is 1.50 bits per heavy atom. The molecule has 0 spiro atoms. The number of hydrogen-bond donors (Lipinski definition) is 3. The molecule has 0 aliphatic rings. The van der Waals surface area contributed by atoms with E-state index in [9.17, 15) is 0 Å². The van der Waals surface area contributed by atoms with Crippen LogP contribution >= 0.6 is 0 Å². The Kier molecular flexibility index (Phi) is 8.28. The van der Waals surface area contributed by atoms with Gasteiger partial charge in [-0.1, -0.05) is 13.8 Å². The first-order valence-electron chi connectivity index (χ1n) is 3.87. The topological polar surface area (TPSA) is 84.5 Å². The van der Waals surface area contributed by atoms with E-state index in [1.165, 1.54) is 0 Å². The van der Waals surface area contributed by atoms with Crippen molar-refractivity contribution in [1.82, 2.24) is 0 Å². The predicted molar refractivity (Wildman–Crippen MR) is 46.7 cm³/mol. The van der Waals surface area contributed by atoms with Gasteiger partial charge in [-0.2, -0.15) is 5.26 Å².